The lowest BCUT2D eigenvalue weighted by molar-refractivity contribution is -0.112. The molecule has 1 N–H and O–H groups in total. The molecule has 0 saturated heterocycles. The molecule has 1 aliphatic rings. The molecule has 1 aromatic heterocycles. The van der Waals surface area contributed by atoms with Crippen LogP contribution in [0.2, 0.25) is 0 Å². The number of carbonyl (C=O) groups excluding carboxylic acids is 1. The second-order valence-corrected chi connectivity index (χ2v) is 8.87. The molecule has 0 fully saturated rings. The third-order valence-corrected chi connectivity index (χ3v) is 6.89. The van der Waals surface area contributed by atoms with E-state index < -0.39 is 15.9 Å². The van der Waals surface area contributed by atoms with E-state index >= 15 is 0 Å². The molecule has 0 saturated carbocycles. The highest BCUT2D eigenvalue weighted by Gasteiger charge is 2.25. The fraction of sp³-hybridized carbons (Fsp3) is 0.105. The summed E-state index contributed by atoms with van der Waals surface area (Å²) >= 11 is 0.925. The molecule has 28 heavy (non-hydrogen) atoms. The van der Waals surface area contributed by atoms with Crippen LogP contribution in [0.25, 0.3) is 5.57 Å². The van der Waals surface area contributed by atoms with E-state index in [1.165, 1.54) is 23.7 Å². The molecular formula is C19H15N3O4S2. The number of fused-ring (bicyclic) bond motifs is 1. The number of benzene rings is 2. The molecule has 9 heteroatoms. The maximum atomic E-state index is 12.6. The zero-order valence-electron chi connectivity index (χ0n) is 14.9. The van der Waals surface area contributed by atoms with Gasteiger partial charge >= 0.3 is 0 Å². The molecule has 7 nitrogen and oxygen atoms in total. The number of aromatic hydroxyl groups is 1. The van der Waals surface area contributed by atoms with E-state index in [-0.39, 0.29) is 26.0 Å². The van der Waals surface area contributed by atoms with Crippen molar-refractivity contribution in [1.82, 2.24) is 4.57 Å². The van der Waals surface area contributed by atoms with Crippen molar-refractivity contribution >= 4 is 32.8 Å². The van der Waals surface area contributed by atoms with Crippen LogP contribution in [0.3, 0.4) is 0 Å². The van der Waals surface area contributed by atoms with Gasteiger partial charge in [-0.2, -0.15) is 8.42 Å². The minimum atomic E-state index is -3.97. The van der Waals surface area contributed by atoms with Crippen molar-refractivity contribution in [1.29, 1.82) is 0 Å². The first-order chi connectivity index (χ1) is 13.3. The van der Waals surface area contributed by atoms with Gasteiger partial charge in [0.25, 0.3) is 15.9 Å². The van der Waals surface area contributed by atoms with Gasteiger partial charge in [-0.05, 0) is 25.1 Å². The van der Waals surface area contributed by atoms with Crippen molar-refractivity contribution in [2.45, 2.75) is 11.8 Å². The molecule has 0 aliphatic carbocycles. The number of aryl methyl sites for hydroxylation is 1. The number of hydrogen-bond acceptors (Lipinski definition) is 5. The average molecular weight is 413 g/mol. The smallest absolute Gasteiger partial charge is 0.285 e. The maximum absolute atomic E-state index is 12.6. The Labute approximate surface area is 164 Å². The molecule has 0 atom stereocenters. The van der Waals surface area contributed by atoms with E-state index in [0.717, 1.165) is 16.9 Å². The molecule has 2 aromatic carbocycles. The van der Waals surface area contributed by atoms with Gasteiger partial charge in [0.1, 0.15) is 4.88 Å². The number of amides is 1. The monoisotopic (exact) mass is 413 g/mol. The molecule has 4 rings (SSSR count). The van der Waals surface area contributed by atoms with Crippen LogP contribution in [0, 0.1) is 6.92 Å². The average Bonchev–Trinajstić information content (AvgIpc) is 3.12. The van der Waals surface area contributed by atoms with Crippen LogP contribution >= 0.6 is 11.3 Å². The van der Waals surface area contributed by atoms with E-state index in [9.17, 15) is 18.3 Å². The van der Waals surface area contributed by atoms with Gasteiger partial charge in [-0.25, -0.2) is 4.99 Å². The van der Waals surface area contributed by atoms with Crippen molar-refractivity contribution in [3.8, 4) is 5.88 Å². The summed E-state index contributed by atoms with van der Waals surface area (Å²) in [7, 11) is -2.48. The van der Waals surface area contributed by atoms with Crippen LogP contribution in [-0.2, 0) is 21.9 Å². The Morgan fingerprint density at radius 2 is 1.79 bits per heavy atom. The van der Waals surface area contributed by atoms with Crippen LogP contribution in [0.5, 0.6) is 5.88 Å². The van der Waals surface area contributed by atoms with E-state index in [1.807, 2.05) is 6.92 Å². The minimum absolute atomic E-state index is 0.0532. The number of aromatic nitrogens is 1. The molecule has 1 amide bonds. The molecule has 0 bridgehead atoms. The summed E-state index contributed by atoms with van der Waals surface area (Å²) in [5.41, 5.74) is 1.17. The van der Waals surface area contributed by atoms with Gasteiger partial charge in [0.15, 0.2) is 0 Å². The largest absolute Gasteiger partial charge is 0.493 e. The second-order valence-electron chi connectivity index (χ2n) is 6.28. The van der Waals surface area contributed by atoms with Crippen LogP contribution in [0.1, 0.15) is 10.4 Å². The molecule has 0 unspecified atom stereocenters. The van der Waals surface area contributed by atoms with Crippen molar-refractivity contribution < 1.29 is 18.3 Å². The third kappa shape index (κ3) is 2.98. The number of carbonyl (C=O) groups is 1. The third-order valence-electron chi connectivity index (χ3n) is 4.35. The molecule has 0 spiro atoms. The summed E-state index contributed by atoms with van der Waals surface area (Å²) in [5, 5.41) is 11.6. The lowest BCUT2D eigenvalue weighted by Crippen LogP contribution is -2.22. The standard InChI is InChI=1S/C19H15N3O4S2/c1-11-7-9-12(10-8-11)28(25,26)21-19-22(2)18(24)16(27-19)15-13-5-3-4-6-14(13)20-17(15)23/h3-10,24H,1-2H3. The van der Waals surface area contributed by atoms with Crippen LogP contribution < -0.4 is 15.4 Å². The van der Waals surface area contributed by atoms with E-state index in [0.29, 0.717) is 10.6 Å². The first kappa shape index (κ1) is 18.3. The van der Waals surface area contributed by atoms with E-state index in [1.54, 1.807) is 36.4 Å². The molecular weight excluding hydrogens is 398 g/mol. The zero-order chi connectivity index (χ0) is 20.1. The van der Waals surface area contributed by atoms with Gasteiger partial charge in [-0.1, -0.05) is 47.2 Å². The molecule has 0 radical (unpaired) electrons. The first-order valence-electron chi connectivity index (χ1n) is 8.27. The Morgan fingerprint density at radius 3 is 2.50 bits per heavy atom. The number of nitrogens with zero attached hydrogens (tertiary/aromatic N) is 3. The Morgan fingerprint density at radius 1 is 1.11 bits per heavy atom. The van der Waals surface area contributed by atoms with E-state index in [4.69, 9.17) is 0 Å². The Hall–Kier alpha value is -3.04. The summed E-state index contributed by atoms with van der Waals surface area (Å²) in [6.45, 7) is 1.86. The Bertz CT molecular complexity index is 1410. The summed E-state index contributed by atoms with van der Waals surface area (Å²) in [5.74, 6) is -0.718. The zero-order valence-corrected chi connectivity index (χ0v) is 16.6. The van der Waals surface area contributed by atoms with Gasteiger partial charge in [0.2, 0.25) is 10.7 Å². The molecule has 142 valence electrons. The Balaban J connectivity index is 1.92. The van der Waals surface area contributed by atoms with Gasteiger partial charge in [0, 0.05) is 12.3 Å². The fourth-order valence-corrected chi connectivity index (χ4v) is 5.13. The highest BCUT2D eigenvalue weighted by molar-refractivity contribution is 7.90. The lowest BCUT2D eigenvalue weighted by atomic mass is 10.1. The maximum Gasteiger partial charge on any atom is 0.285 e. The number of sulfonamides is 1. The van der Waals surface area contributed by atoms with Crippen LogP contribution in [0.15, 0.2) is 62.8 Å². The lowest BCUT2D eigenvalue weighted by Gasteiger charge is -1.99. The predicted molar refractivity (Wildman–Crippen MR) is 104 cm³/mol. The summed E-state index contributed by atoms with van der Waals surface area (Å²) < 4.78 is 30.4. The topological polar surface area (TPSA) is 101 Å². The van der Waals surface area contributed by atoms with Crippen LogP contribution in [-0.4, -0.2) is 24.0 Å². The van der Waals surface area contributed by atoms with Gasteiger partial charge in [0.05, 0.1) is 15.8 Å². The first-order valence-corrected chi connectivity index (χ1v) is 10.5. The minimum Gasteiger partial charge on any atom is -0.493 e. The van der Waals surface area contributed by atoms with Gasteiger partial charge in [-0.15, -0.1) is 4.40 Å². The van der Waals surface area contributed by atoms with Gasteiger partial charge < -0.3 is 5.11 Å². The molecule has 3 aromatic rings. The second kappa shape index (κ2) is 6.54. The van der Waals surface area contributed by atoms with Crippen molar-refractivity contribution in [2.75, 3.05) is 0 Å². The predicted octanol–water partition coefficient (Wildman–Crippen LogP) is 0.749. The van der Waals surface area contributed by atoms with E-state index in [2.05, 4.69) is 9.39 Å². The van der Waals surface area contributed by atoms with Crippen molar-refractivity contribution in [3.63, 3.8) is 0 Å². The highest BCUT2D eigenvalue weighted by Crippen LogP contribution is 2.27. The quantitative estimate of drug-likeness (QED) is 0.685. The molecule has 1 aliphatic heterocycles. The number of para-hydroxylation sites is 1. The van der Waals surface area contributed by atoms with Gasteiger partial charge in [-0.3, -0.25) is 9.36 Å². The van der Waals surface area contributed by atoms with Crippen molar-refractivity contribution in [3.05, 3.63) is 74.3 Å². The van der Waals surface area contributed by atoms with Crippen LogP contribution in [0.4, 0.5) is 0 Å². The number of hydrogen-bond donors (Lipinski definition) is 1. The summed E-state index contributed by atoms with van der Waals surface area (Å²) in [4.78, 5) is 16.7. The summed E-state index contributed by atoms with van der Waals surface area (Å²) in [6, 6.07) is 13.3. The molecule has 2 heterocycles. The number of thiazole rings is 1. The summed E-state index contributed by atoms with van der Waals surface area (Å²) in [6.07, 6.45) is 0. The normalized spacial score (nSPS) is 14.3. The highest BCUT2D eigenvalue weighted by atomic mass is 32.2. The number of rotatable bonds is 3. The fourth-order valence-electron chi connectivity index (χ4n) is 2.84. The Kier molecular flexibility index (Phi) is 4.28. The van der Waals surface area contributed by atoms with Crippen molar-refractivity contribution in [2.24, 2.45) is 16.4 Å². The SMILES string of the molecule is Cc1ccc(S(=O)(=O)N=c2sc(C3=c4ccccc4=NC3=O)c(O)n2C)cc1.